The van der Waals surface area contributed by atoms with E-state index in [1.807, 2.05) is 0 Å². The Morgan fingerprint density at radius 3 is 2.23 bits per heavy atom. The van der Waals surface area contributed by atoms with Crippen molar-refractivity contribution in [3.8, 4) is 5.75 Å². The molecular weight excluding hydrogens is 352 g/mol. The number of aromatic hydroxyl groups is 1. The molecule has 136 valence electrons. The number of carbonyl (C=O) groups excluding carboxylic acids is 1. The Bertz CT molecular complexity index is 996. The van der Waals surface area contributed by atoms with Crippen molar-refractivity contribution in [2.24, 2.45) is 5.14 Å². The zero-order chi connectivity index (χ0) is 18.5. The molecule has 0 saturated heterocycles. The highest BCUT2D eigenvalue weighted by molar-refractivity contribution is 7.89. The summed E-state index contributed by atoms with van der Waals surface area (Å²) < 4.78 is 23.6. The molecule has 0 radical (unpaired) electrons. The van der Waals surface area contributed by atoms with E-state index in [1.165, 1.54) is 29.3 Å². The highest BCUT2D eigenvalue weighted by Gasteiger charge is 2.28. The van der Waals surface area contributed by atoms with E-state index in [9.17, 15) is 18.3 Å². The number of nitrogens with one attached hydrogen (secondary N) is 1. The van der Waals surface area contributed by atoms with Gasteiger partial charge in [-0.15, -0.1) is 0 Å². The zero-order valence-electron chi connectivity index (χ0n) is 14.2. The maximum atomic E-state index is 12.9. The Kier molecular flexibility index (Phi) is 4.00. The third kappa shape index (κ3) is 2.77. The maximum absolute atomic E-state index is 12.9. The first-order valence-corrected chi connectivity index (χ1v) is 10.2. The molecule has 7 heteroatoms. The van der Waals surface area contributed by atoms with Gasteiger partial charge in [-0.25, -0.2) is 13.6 Å². The van der Waals surface area contributed by atoms with Gasteiger partial charge in [-0.1, -0.05) is 12.1 Å². The van der Waals surface area contributed by atoms with Gasteiger partial charge in [-0.2, -0.15) is 0 Å². The predicted octanol–water partition coefficient (Wildman–Crippen LogP) is 2.27. The van der Waals surface area contributed by atoms with Crippen LogP contribution in [0.15, 0.2) is 29.2 Å². The Morgan fingerprint density at radius 1 is 1.04 bits per heavy atom. The van der Waals surface area contributed by atoms with Crippen LogP contribution < -0.4 is 10.5 Å². The van der Waals surface area contributed by atoms with Gasteiger partial charge in [0.25, 0.3) is 5.91 Å². The number of anilines is 1. The molecule has 2 aliphatic rings. The van der Waals surface area contributed by atoms with E-state index in [0.717, 1.165) is 55.3 Å². The number of hydrogen-bond acceptors (Lipinski definition) is 4. The summed E-state index contributed by atoms with van der Waals surface area (Å²) in [5.74, 6) is -1.06. The number of aryl methyl sites for hydroxylation is 2. The average molecular weight is 372 g/mol. The number of carbonyl (C=O) groups is 1. The van der Waals surface area contributed by atoms with E-state index in [1.54, 1.807) is 0 Å². The van der Waals surface area contributed by atoms with Crippen LogP contribution in [0.3, 0.4) is 0 Å². The third-order valence-electron chi connectivity index (χ3n) is 5.25. The lowest BCUT2D eigenvalue weighted by Crippen LogP contribution is -2.21. The van der Waals surface area contributed by atoms with Crippen LogP contribution >= 0.6 is 0 Å². The largest absolute Gasteiger partial charge is 0.507 e. The van der Waals surface area contributed by atoms with Gasteiger partial charge < -0.3 is 10.4 Å². The standard InChI is InChI=1S/C19H20N2O4S/c20-26(24,25)16-9-3-8-15(22)17(16)19(23)21-18-13-6-1-4-11(13)10-12-5-2-7-14(12)18/h3,8-10,22H,1-2,4-7H2,(H,21,23)(H2,20,24,25). The number of phenolic OH excluding ortho intramolecular Hbond substituents is 1. The minimum absolute atomic E-state index is 0.308. The van der Waals surface area contributed by atoms with Crippen LogP contribution in [0, 0.1) is 0 Å². The molecule has 2 aromatic rings. The first-order valence-electron chi connectivity index (χ1n) is 8.69. The monoisotopic (exact) mass is 372 g/mol. The number of amides is 1. The molecule has 0 aliphatic heterocycles. The summed E-state index contributed by atoms with van der Waals surface area (Å²) in [6, 6.07) is 6.10. The second kappa shape index (κ2) is 6.10. The predicted molar refractivity (Wildman–Crippen MR) is 97.9 cm³/mol. The molecule has 26 heavy (non-hydrogen) atoms. The van der Waals surface area contributed by atoms with Crippen molar-refractivity contribution in [2.45, 2.75) is 43.4 Å². The minimum Gasteiger partial charge on any atom is -0.507 e. The number of sulfonamides is 1. The summed E-state index contributed by atoms with van der Waals surface area (Å²) in [6.07, 6.45) is 5.84. The third-order valence-corrected chi connectivity index (χ3v) is 6.20. The molecule has 0 heterocycles. The fourth-order valence-corrected chi connectivity index (χ4v) is 4.88. The molecule has 6 nitrogen and oxygen atoms in total. The van der Waals surface area contributed by atoms with Crippen LogP contribution in [0.5, 0.6) is 5.75 Å². The lowest BCUT2D eigenvalue weighted by molar-refractivity contribution is 0.102. The van der Waals surface area contributed by atoms with Crippen molar-refractivity contribution in [1.29, 1.82) is 0 Å². The van der Waals surface area contributed by atoms with Crippen molar-refractivity contribution in [3.63, 3.8) is 0 Å². The molecule has 0 aromatic heterocycles. The molecular formula is C19H20N2O4S. The van der Waals surface area contributed by atoms with E-state index in [4.69, 9.17) is 5.14 Å². The molecule has 4 rings (SSSR count). The maximum Gasteiger partial charge on any atom is 0.260 e. The van der Waals surface area contributed by atoms with E-state index >= 15 is 0 Å². The van der Waals surface area contributed by atoms with E-state index in [0.29, 0.717) is 0 Å². The number of rotatable bonds is 3. The van der Waals surface area contributed by atoms with Gasteiger partial charge in [0.1, 0.15) is 11.3 Å². The fraction of sp³-hybridized carbons (Fsp3) is 0.316. The van der Waals surface area contributed by atoms with Gasteiger partial charge >= 0.3 is 0 Å². The van der Waals surface area contributed by atoms with E-state index in [-0.39, 0.29) is 10.5 Å². The van der Waals surface area contributed by atoms with Gasteiger partial charge in [0.2, 0.25) is 10.0 Å². The Labute approximate surface area is 152 Å². The van der Waals surface area contributed by atoms with Gasteiger partial charge in [0.05, 0.1) is 4.90 Å². The highest BCUT2D eigenvalue weighted by Crippen LogP contribution is 2.39. The molecule has 2 aliphatic carbocycles. The number of fused-ring (bicyclic) bond motifs is 2. The summed E-state index contributed by atoms with van der Waals surface area (Å²) in [5.41, 5.74) is 5.26. The van der Waals surface area contributed by atoms with Gasteiger partial charge in [0, 0.05) is 5.69 Å². The molecule has 0 atom stereocenters. The first kappa shape index (κ1) is 17.1. The van der Waals surface area contributed by atoms with Crippen LogP contribution in [-0.2, 0) is 35.7 Å². The highest BCUT2D eigenvalue weighted by atomic mass is 32.2. The van der Waals surface area contributed by atoms with E-state index < -0.39 is 21.7 Å². The van der Waals surface area contributed by atoms with Crippen molar-refractivity contribution < 1.29 is 18.3 Å². The lowest BCUT2D eigenvalue weighted by Gasteiger charge is -2.17. The SMILES string of the molecule is NS(=O)(=O)c1cccc(O)c1C(=O)Nc1c2c(cc3c1CCC3)CCC2. The minimum atomic E-state index is -4.14. The molecule has 0 spiro atoms. The van der Waals surface area contributed by atoms with Gasteiger partial charge in [0.15, 0.2) is 0 Å². The quantitative estimate of drug-likeness (QED) is 0.768. The second-order valence-corrected chi connectivity index (χ2v) is 8.41. The number of phenols is 1. The van der Waals surface area contributed by atoms with Crippen LogP contribution in [-0.4, -0.2) is 19.4 Å². The smallest absolute Gasteiger partial charge is 0.260 e. The van der Waals surface area contributed by atoms with E-state index in [2.05, 4.69) is 11.4 Å². The van der Waals surface area contributed by atoms with Crippen molar-refractivity contribution in [1.82, 2.24) is 0 Å². The first-order chi connectivity index (χ1) is 12.4. The normalized spacial score (nSPS) is 15.6. The van der Waals surface area contributed by atoms with Gasteiger partial charge in [-0.3, -0.25) is 4.79 Å². The number of hydrogen-bond donors (Lipinski definition) is 3. The second-order valence-electron chi connectivity index (χ2n) is 6.88. The Balaban J connectivity index is 1.81. The van der Waals surface area contributed by atoms with Crippen LogP contribution in [0.1, 0.15) is 45.5 Å². The van der Waals surface area contributed by atoms with Gasteiger partial charge in [-0.05, 0) is 72.9 Å². The molecule has 4 N–H and O–H groups in total. The van der Waals surface area contributed by atoms with Crippen molar-refractivity contribution in [3.05, 3.63) is 52.1 Å². The zero-order valence-corrected chi connectivity index (χ0v) is 15.0. The summed E-state index contributed by atoms with van der Waals surface area (Å²) in [4.78, 5) is 12.5. The number of benzene rings is 2. The molecule has 0 unspecified atom stereocenters. The van der Waals surface area contributed by atoms with Crippen molar-refractivity contribution >= 4 is 21.6 Å². The average Bonchev–Trinajstić information content (AvgIpc) is 3.22. The Morgan fingerprint density at radius 2 is 1.65 bits per heavy atom. The number of primary sulfonamides is 1. The number of nitrogens with two attached hydrogens (primary N) is 1. The summed E-state index contributed by atoms with van der Waals surface area (Å²) in [5, 5.41) is 18.2. The van der Waals surface area contributed by atoms with Crippen LogP contribution in [0.25, 0.3) is 0 Å². The topological polar surface area (TPSA) is 109 Å². The van der Waals surface area contributed by atoms with Crippen molar-refractivity contribution in [2.75, 3.05) is 5.32 Å². The molecule has 2 aromatic carbocycles. The fourth-order valence-electron chi connectivity index (χ4n) is 4.13. The Hall–Kier alpha value is -2.38. The molecule has 0 fully saturated rings. The summed E-state index contributed by atoms with van der Waals surface area (Å²) >= 11 is 0. The van der Waals surface area contributed by atoms with Crippen LogP contribution in [0.4, 0.5) is 5.69 Å². The molecule has 1 amide bonds. The molecule has 0 bridgehead atoms. The molecule has 0 saturated carbocycles. The van der Waals surface area contributed by atoms with Crippen LogP contribution in [0.2, 0.25) is 0 Å². The summed E-state index contributed by atoms with van der Waals surface area (Å²) in [7, 11) is -4.14. The lowest BCUT2D eigenvalue weighted by atomic mass is 9.98. The summed E-state index contributed by atoms with van der Waals surface area (Å²) in [6.45, 7) is 0.